The highest BCUT2D eigenvalue weighted by Crippen LogP contribution is 2.46. The summed E-state index contributed by atoms with van der Waals surface area (Å²) in [4.78, 5) is 2.49. The van der Waals surface area contributed by atoms with E-state index >= 15 is 0 Å². The molecule has 0 aromatic carbocycles. The molecule has 0 aromatic rings. The number of hydrogen-bond acceptors (Lipinski definition) is 4. The molecule has 0 amide bonds. The van der Waals surface area contributed by atoms with E-state index in [0.29, 0.717) is 17.6 Å². The topological polar surface area (TPSA) is 30.9 Å². The molecule has 0 aromatic heterocycles. The second-order valence-electron chi connectivity index (χ2n) is 5.45. The van der Waals surface area contributed by atoms with E-state index in [1.165, 1.54) is 12.8 Å². The Balaban J connectivity index is 1.53. The van der Waals surface area contributed by atoms with Crippen molar-refractivity contribution < 1.29 is 14.2 Å². The van der Waals surface area contributed by atoms with Crippen LogP contribution in [0.15, 0.2) is 0 Å². The Morgan fingerprint density at radius 3 is 2.31 bits per heavy atom. The molecule has 3 rings (SSSR count). The summed E-state index contributed by atoms with van der Waals surface area (Å²) in [5.41, 5.74) is 0.447. The molecule has 4 nitrogen and oxygen atoms in total. The van der Waals surface area contributed by atoms with Gasteiger partial charge in [0.25, 0.3) is 0 Å². The van der Waals surface area contributed by atoms with Gasteiger partial charge in [0.15, 0.2) is 0 Å². The van der Waals surface area contributed by atoms with Crippen molar-refractivity contribution in [1.29, 1.82) is 0 Å². The van der Waals surface area contributed by atoms with Gasteiger partial charge in [-0.2, -0.15) is 0 Å². The van der Waals surface area contributed by atoms with Crippen LogP contribution in [0.25, 0.3) is 0 Å². The smallest absolute Gasteiger partial charge is 0.0976 e. The van der Waals surface area contributed by atoms with Crippen LogP contribution in [-0.4, -0.2) is 63.7 Å². The molecule has 4 heteroatoms. The zero-order chi connectivity index (χ0) is 11.0. The van der Waals surface area contributed by atoms with Crippen LogP contribution in [0.2, 0.25) is 0 Å². The molecule has 3 fully saturated rings. The normalized spacial score (nSPS) is 37.3. The SMILES string of the molecule is COCC1(CN2C[C@@H]3OCCO[C@@H]3C2)CC1. The largest absolute Gasteiger partial charge is 0.384 e. The van der Waals surface area contributed by atoms with Crippen LogP contribution in [0.1, 0.15) is 12.8 Å². The lowest BCUT2D eigenvalue weighted by molar-refractivity contribution is -0.116. The Bertz CT molecular complexity index is 241. The molecule has 0 N–H and O–H groups in total. The Hall–Kier alpha value is -0.160. The van der Waals surface area contributed by atoms with Crippen molar-refractivity contribution in [1.82, 2.24) is 4.90 Å². The van der Waals surface area contributed by atoms with Crippen LogP contribution in [0.3, 0.4) is 0 Å². The second kappa shape index (κ2) is 4.26. The Morgan fingerprint density at radius 1 is 1.19 bits per heavy atom. The standard InChI is InChI=1S/C12H21NO3/c1-14-9-12(2-3-12)8-13-6-10-11(7-13)16-5-4-15-10/h10-11H,2-9H2,1H3/t10-,11+. The summed E-state index contributed by atoms with van der Waals surface area (Å²) in [6.45, 7) is 5.66. The first-order valence-electron chi connectivity index (χ1n) is 6.26. The quantitative estimate of drug-likeness (QED) is 0.700. The summed E-state index contributed by atoms with van der Waals surface area (Å²) >= 11 is 0. The van der Waals surface area contributed by atoms with Crippen LogP contribution < -0.4 is 0 Å². The van der Waals surface area contributed by atoms with E-state index in [1.807, 2.05) is 0 Å². The molecule has 0 bridgehead atoms. The van der Waals surface area contributed by atoms with E-state index in [-0.39, 0.29) is 0 Å². The van der Waals surface area contributed by atoms with Gasteiger partial charge in [-0.05, 0) is 12.8 Å². The van der Waals surface area contributed by atoms with Crippen molar-refractivity contribution in [2.45, 2.75) is 25.0 Å². The van der Waals surface area contributed by atoms with Gasteiger partial charge in [-0.15, -0.1) is 0 Å². The molecule has 0 spiro atoms. The van der Waals surface area contributed by atoms with Crippen LogP contribution in [0.4, 0.5) is 0 Å². The minimum Gasteiger partial charge on any atom is -0.384 e. The number of methoxy groups -OCH3 is 1. The van der Waals surface area contributed by atoms with E-state index in [4.69, 9.17) is 14.2 Å². The van der Waals surface area contributed by atoms with Crippen molar-refractivity contribution in [3.8, 4) is 0 Å². The minimum atomic E-state index is 0.312. The minimum absolute atomic E-state index is 0.312. The molecule has 0 unspecified atom stereocenters. The fraction of sp³-hybridized carbons (Fsp3) is 1.00. The third-order valence-electron chi connectivity index (χ3n) is 4.00. The lowest BCUT2D eigenvalue weighted by Gasteiger charge is -2.24. The summed E-state index contributed by atoms with van der Waals surface area (Å²) in [7, 11) is 1.80. The molecule has 2 saturated heterocycles. The van der Waals surface area contributed by atoms with Gasteiger partial charge < -0.3 is 14.2 Å². The van der Waals surface area contributed by atoms with E-state index in [0.717, 1.165) is 39.5 Å². The van der Waals surface area contributed by atoms with Gasteiger partial charge in [-0.3, -0.25) is 4.90 Å². The molecule has 16 heavy (non-hydrogen) atoms. The van der Waals surface area contributed by atoms with Crippen molar-refractivity contribution in [3.05, 3.63) is 0 Å². The molecule has 2 atom stereocenters. The van der Waals surface area contributed by atoms with Crippen LogP contribution in [0.5, 0.6) is 0 Å². The molecule has 2 heterocycles. The molecule has 3 aliphatic rings. The second-order valence-corrected chi connectivity index (χ2v) is 5.45. The highest BCUT2D eigenvalue weighted by atomic mass is 16.6. The molecule has 92 valence electrons. The lowest BCUT2D eigenvalue weighted by atomic mass is 10.1. The zero-order valence-corrected chi connectivity index (χ0v) is 9.98. The monoisotopic (exact) mass is 227 g/mol. The number of nitrogens with zero attached hydrogens (tertiary/aromatic N) is 1. The molecule has 0 radical (unpaired) electrons. The number of fused-ring (bicyclic) bond motifs is 1. The summed E-state index contributed by atoms with van der Waals surface area (Å²) in [6.07, 6.45) is 3.25. The molecule has 1 aliphatic carbocycles. The van der Waals surface area contributed by atoms with Crippen molar-refractivity contribution in [3.63, 3.8) is 0 Å². The van der Waals surface area contributed by atoms with E-state index in [2.05, 4.69) is 4.90 Å². The summed E-state index contributed by atoms with van der Waals surface area (Å²) in [6, 6.07) is 0. The first-order valence-corrected chi connectivity index (χ1v) is 6.26. The maximum Gasteiger partial charge on any atom is 0.0976 e. The van der Waals surface area contributed by atoms with Crippen LogP contribution in [-0.2, 0) is 14.2 Å². The summed E-state index contributed by atoms with van der Waals surface area (Å²) < 4.78 is 16.8. The molecular formula is C12H21NO3. The van der Waals surface area contributed by atoms with E-state index < -0.39 is 0 Å². The summed E-state index contributed by atoms with van der Waals surface area (Å²) in [5, 5.41) is 0. The molecule has 1 saturated carbocycles. The first-order chi connectivity index (χ1) is 7.81. The number of ether oxygens (including phenoxy) is 3. The van der Waals surface area contributed by atoms with Gasteiger partial charge in [0, 0.05) is 32.2 Å². The third-order valence-corrected chi connectivity index (χ3v) is 4.00. The average molecular weight is 227 g/mol. The fourth-order valence-electron chi connectivity index (χ4n) is 2.97. The summed E-state index contributed by atoms with van der Waals surface area (Å²) in [5.74, 6) is 0. The van der Waals surface area contributed by atoms with Gasteiger partial charge in [0.1, 0.15) is 0 Å². The van der Waals surface area contributed by atoms with Crippen molar-refractivity contribution >= 4 is 0 Å². The highest BCUT2D eigenvalue weighted by Gasteiger charge is 2.47. The van der Waals surface area contributed by atoms with Gasteiger partial charge in [-0.1, -0.05) is 0 Å². The van der Waals surface area contributed by atoms with Crippen molar-refractivity contribution in [2.75, 3.05) is 46.6 Å². The maximum atomic E-state index is 5.73. The molecule has 2 aliphatic heterocycles. The van der Waals surface area contributed by atoms with Gasteiger partial charge in [0.05, 0.1) is 32.0 Å². The highest BCUT2D eigenvalue weighted by molar-refractivity contribution is 4.98. The van der Waals surface area contributed by atoms with Gasteiger partial charge in [-0.25, -0.2) is 0 Å². The Morgan fingerprint density at radius 2 is 1.81 bits per heavy atom. The zero-order valence-electron chi connectivity index (χ0n) is 9.98. The van der Waals surface area contributed by atoms with E-state index in [9.17, 15) is 0 Å². The number of rotatable bonds is 4. The third kappa shape index (κ3) is 2.12. The Kier molecular flexibility index (Phi) is 2.92. The predicted molar refractivity (Wildman–Crippen MR) is 59.5 cm³/mol. The molecular weight excluding hydrogens is 206 g/mol. The lowest BCUT2D eigenvalue weighted by Crippen LogP contribution is -2.36. The van der Waals surface area contributed by atoms with Gasteiger partial charge >= 0.3 is 0 Å². The number of likely N-dealkylation sites (tertiary alicyclic amines) is 1. The Labute approximate surface area is 96.8 Å². The fourth-order valence-corrected chi connectivity index (χ4v) is 2.97. The first kappa shape index (κ1) is 11.0. The predicted octanol–water partition coefficient (Wildman–Crippen LogP) is 0.513. The van der Waals surface area contributed by atoms with Gasteiger partial charge in [0.2, 0.25) is 0 Å². The van der Waals surface area contributed by atoms with Crippen LogP contribution >= 0.6 is 0 Å². The average Bonchev–Trinajstić information content (AvgIpc) is 2.91. The van der Waals surface area contributed by atoms with Crippen LogP contribution in [0, 0.1) is 5.41 Å². The van der Waals surface area contributed by atoms with E-state index in [1.54, 1.807) is 7.11 Å². The maximum absolute atomic E-state index is 5.73. The number of hydrogen-bond donors (Lipinski definition) is 0. The van der Waals surface area contributed by atoms with Crippen molar-refractivity contribution in [2.24, 2.45) is 5.41 Å².